The lowest BCUT2D eigenvalue weighted by Crippen LogP contribution is -2.34. The molecule has 0 unspecified atom stereocenters. The average molecular weight is 414 g/mol. The second-order valence-electron chi connectivity index (χ2n) is 7.49. The van der Waals surface area contributed by atoms with Crippen molar-refractivity contribution in [3.8, 4) is 5.75 Å². The molecule has 10 heteroatoms. The number of fused-ring (bicyclic) bond motifs is 1. The van der Waals surface area contributed by atoms with E-state index in [2.05, 4.69) is 25.7 Å². The van der Waals surface area contributed by atoms with E-state index in [0.717, 1.165) is 6.07 Å². The Morgan fingerprint density at radius 3 is 2.73 bits per heavy atom. The molecule has 3 heterocycles. The Morgan fingerprint density at radius 2 is 2.07 bits per heavy atom. The Bertz CT molecular complexity index is 1190. The number of carbonyl (C=O) groups excluding carboxylic acids is 1. The number of nitrogens with one attached hydrogen (secondary N) is 2. The number of carbonyl (C=O) groups is 1. The molecule has 30 heavy (non-hydrogen) atoms. The molecule has 156 valence electrons. The van der Waals surface area contributed by atoms with Gasteiger partial charge in [-0.1, -0.05) is 0 Å². The van der Waals surface area contributed by atoms with Crippen LogP contribution in [0.5, 0.6) is 5.75 Å². The second-order valence-corrected chi connectivity index (χ2v) is 7.49. The van der Waals surface area contributed by atoms with Crippen molar-refractivity contribution in [3.63, 3.8) is 0 Å². The van der Waals surface area contributed by atoms with Crippen LogP contribution in [0.3, 0.4) is 0 Å². The fourth-order valence-corrected chi connectivity index (χ4v) is 3.28. The number of methoxy groups -OCH3 is 1. The Balaban J connectivity index is 1.68. The van der Waals surface area contributed by atoms with Gasteiger partial charge in [-0.05, 0) is 32.9 Å². The van der Waals surface area contributed by atoms with Crippen LogP contribution in [-0.4, -0.2) is 39.0 Å². The standard InChI is InChI=1S/C20H20F2N6O2/c1-10(12-7-11(21)8-14(22)16(12)30-4)24-15-5-6-28-18(25-15)13(9-23-28)17-26-19(29)20(2,3)27-17/h5-10H,1-4H3,(H,24,25)(H,26,27,29)/t10-/m1/s1. The first-order valence-corrected chi connectivity index (χ1v) is 9.25. The van der Waals surface area contributed by atoms with Crippen LogP contribution in [0, 0.1) is 11.6 Å². The van der Waals surface area contributed by atoms with Gasteiger partial charge in [0.05, 0.1) is 24.9 Å². The molecule has 4 rings (SSSR count). The van der Waals surface area contributed by atoms with Gasteiger partial charge in [-0.3, -0.25) is 9.79 Å². The number of amidine groups is 1. The molecule has 0 fully saturated rings. The molecule has 0 bridgehead atoms. The first kappa shape index (κ1) is 19.7. The quantitative estimate of drug-likeness (QED) is 0.670. The van der Waals surface area contributed by atoms with E-state index in [1.807, 2.05) is 0 Å². The van der Waals surface area contributed by atoms with E-state index in [-0.39, 0.29) is 11.7 Å². The zero-order valence-corrected chi connectivity index (χ0v) is 16.8. The molecule has 0 saturated heterocycles. The van der Waals surface area contributed by atoms with Crippen molar-refractivity contribution < 1.29 is 18.3 Å². The SMILES string of the molecule is COc1c(F)cc(F)cc1[C@@H](C)Nc1ccn2ncc(C3=NC(C)(C)C(=O)N3)c2n1. The lowest BCUT2D eigenvalue weighted by molar-refractivity contribution is -0.122. The summed E-state index contributed by atoms with van der Waals surface area (Å²) in [6, 6.07) is 3.17. The van der Waals surface area contributed by atoms with Crippen molar-refractivity contribution in [2.24, 2.45) is 4.99 Å². The zero-order valence-electron chi connectivity index (χ0n) is 16.8. The first-order chi connectivity index (χ1) is 14.2. The van der Waals surface area contributed by atoms with E-state index in [0.29, 0.717) is 28.4 Å². The van der Waals surface area contributed by atoms with Gasteiger partial charge in [-0.15, -0.1) is 0 Å². The van der Waals surface area contributed by atoms with Gasteiger partial charge in [0.25, 0.3) is 5.91 Å². The number of hydrogen-bond donors (Lipinski definition) is 2. The summed E-state index contributed by atoms with van der Waals surface area (Å²) in [5, 5.41) is 10.1. The van der Waals surface area contributed by atoms with Crippen molar-refractivity contribution in [2.45, 2.75) is 32.4 Å². The van der Waals surface area contributed by atoms with Crippen LogP contribution in [-0.2, 0) is 4.79 Å². The molecule has 1 aliphatic rings. The summed E-state index contributed by atoms with van der Waals surface area (Å²) in [6.07, 6.45) is 3.26. The normalized spacial score (nSPS) is 16.3. The van der Waals surface area contributed by atoms with Gasteiger partial charge < -0.3 is 15.4 Å². The topological polar surface area (TPSA) is 92.9 Å². The van der Waals surface area contributed by atoms with E-state index in [1.165, 1.54) is 13.2 Å². The molecular formula is C20H20F2N6O2. The Labute approximate surface area is 171 Å². The predicted octanol–water partition coefficient (Wildman–Crippen LogP) is 2.84. The van der Waals surface area contributed by atoms with Gasteiger partial charge in [0.2, 0.25) is 0 Å². The van der Waals surface area contributed by atoms with E-state index in [1.54, 1.807) is 43.7 Å². The average Bonchev–Trinajstić information content (AvgIpc) is 3.21. The predicted molar refractivity (Wildman–Crippen MR) is 107 cm³/mol. The van der Waals surface area contributed by atoms with Crippen LogP contribution in [0.15, 0.2) is 35.6 Å². The molecule has 2 N–H and O–H groups in total. The van der Waals surface area contributed by atoms with E-state index < -0.39 is 23.2 Å². The summed E-state index contributed by atoms with van der Waals surface area (Å²) in [4.78, 5) is 21.0. The van der Waals surface area contributed by atoms with Crippen LogP contribution in [0.2, 0.25) is 0 Å². The molecule has 8 nitrogen and oxygen atoms in total. The summed E-state index contributed by atoms with van der Waals surface area (Å²) in [6.45, 7) is 5.17. The molecule has 0 saturated carbocycles. The number of anilines is 1. The number of benzene rings is 1. The highest BCUT2D eigenvalue weighted by Crippen LogP contribution is 2.31. The summed E-state index contributed by atoms with van der Waals surface area (Å²) in [5.74, 6) is -0.872. The third-order valence-electron chi connectivity index (χ3n) is 4.88. The Morgan fingerprint density at radius 1 is 1.30 bits per heavy atom. The molecule has 0 spiro atoms. The van der Waals surface area contributed by atoms with Crippen molar-refractivity contribution in [1.29, 1.82) is 0 Å². The largest absolute Gasteiger partial charge is 0.493 e. The lowest BCUT2D eigenvalue weighted by atomic mass is 10.1. The lowest BCUT2D eigenvalue weighted by Gasteiger charge is -2.18. The van der Waals surface area contributed by atoms with Crippen LogP contribution in [0.1, 0.15) is 37.9 Å². The Kier molecular flexibility index (Phi) is 4.64. The zero-order chi connectivity index (χ0) is 21.6. The smallest absolute Gasteiger partial charge is 0.252 e. The number of rotatable bonds is 5. The number of amides is 1. The summed E-state index contributed by atoms with van der Waals surface area (Å²) >= 11 is 0. The number of aromatic nitrogens is 3. The van der Waals surface area contributed by atoms with Crippen molar-refractivity contribution in [1.82, 2.24) is 19.9 Å². The molecular weight excluding hydrogens is 394 g/mol. The minimum atomic E-state index is -0.869. The monoisotopic (exact) mass is 414 g/mol. The summed E-state index contributed by atoms with van der Waals surface area (Å²) in [5.41, 5.74) is 0.493. The minimum absolute atomic E-state index is 0.0345. The van der Waals surface area contributed by atoms with Crippen LogP contribution < -0.4 is 15.4 Å². The van der Waals surface area contributed by atoms with Crippen LogP contribution >= 0.6 is 0 Å². The van der Waals surface area contributed by atoms with Crippen molar-refractivity contribution >= 4 is 23.2 Å². The molecule has 1 aliphatic heterocycles. The van der Waals surface area contributed by atoms with Crippen molar-refractivity contribution in [3.05, 3.63) is 53.4 Å². The highest BCUT2D eigenvalue weighted by atomic mass is 19.1. The molecule has 1 amide bonds. The van der Waals surface area contributed by atoms with E-state index in [4.69, 9.17) is 4.74 Å². The number of nitrogens with zero attached hydrogens (tertiary/aromatic N) is 4. The second kappa shape index (κ2) is 7.05. The molecule has 2 aromatic heterocycles. The number of ether oxygens (including phenoxy) is 1. The number of aliphatic imine (C=N–C) groups is 1. The molecule has 1 atom stereocenters. The highest BCUT2D eigenvalue weighted by Gasteiger charge is 2.35. The maximum absolute atomic E-state index is 14.0. The number of hydrogen-bond acceptors (Lipinski definition) is 6. The van der Waals surface area contributed by atoms with E-state index in [9.17, 15) is 13.6 Å². The van der Waals surface area contributed by atoms with Gasteiger partial charge in [-0.25, -0.2) is 18.3 Å². The summed E-state index contributed by atoms with van der Waals surface area (Å²) < 4.78 is 34.4. The summed E-state index contributed by atoms with van der Waals surface area (Å²) in [7, 11) is 1.33. The fraction of sp³-hybridized carbons (Fsp3) is 0.300. The van der Waals surface area contributed by atoms with Gasteiger partial charge in [0.1, 0.15) is 23.0 Å². The molecule has 0 radical (unpaired) electrons. The third-order valence-corrected chi connectivity index (χ3v) is 4.88. The number of halogens is 2. The van der Waals surface area contributed by atoms with Crippen LogP contribution in [0.4, 0.5) is 14.6 Å². The maximum atomic E-state index is 14.0. The van der Waals surface area contributed by atoms with Crippen LogP contribution in [0.25, 0.3) is 5.65 Å². The van der Waals surface area contributed by atoms with E-state index >= 15 is 0 Å². The van der Waals surface area contributed by atoms with Gasteiger partial charge in [0, 0.05) is 17.8 Å². The fourth-order valence-electron chi connectivity index (χ4n) is 3.28. The Hall–Kier alpha value is -3.56. The molecule has 1 aromatic carbocycles. The van der Waals surface area contributed by atoms with Gasteiger partial charge in [-0.2, -0.15) is 5.10 Å². The highest BCUT2D eigenvalue weighted by molar-refractivity contribution is 6.17. The maximum Gasteiger partial charge on any atom is 0.252 e. The molecule has 3 aromatic rings. The minimum Gasteiger partial charge on any atom is -0.493 e. The van der Waals surface area contributed by atoms with Gasteiger partial charge in [0.15, 0.2) is 17.2 Å². The third kappa shape index (κ3) is 3.34. The molecule has 0 aliphatic carbocycles. The first-order valence-electron chi connectivity index (χ1n) is 9.25. The van der Waals surface area contributed by atoms with Gasteiger partial charge >= 0.3 is 0 Å². The van der Waals surface area contributed by atoms with Crippen molar-refractivity contribution in [2.75, 3.05) is 12.4 Å².